The van der Waals surface area contributed by atoms with Crippen LogP contribution in [0.25, 0.3) is 0 Å². The molecule has 3 nitrogen and oxygen atoms in total. The van der Waals surface area contributed by atoms with E-state index in [1.165, 1.54) is 25.7 Å². The summed E-state index contributed by atoms with van der Waals surface area (Å²) in [6.45, 7) is 7.89. The fourth-order valence-corrected chi connectivity index (χ4v) is 5.54. The van der Waals surface area contributed by atoms with Crippen LogP contribution in [-0.4, -0.2) is 34.0 Å². The van der Waals surface area contributed by atoms with Crippen LogP contribution in [0.3, 0.4) is 0 Å². The predicted molar refractivity (Wildman–Crippen MR) is 70.3 cm³/mol. The SMILES string of the molecule is CCO[Si](C)(CC[C@@H]1CC[C@H]2O[C@H]2C1)OCC. The Bertz CT molecular complexity index is 241. The molecule has 1 saturated heterocycles. The van der Waals surface area contributed by atoms with Crippen LogP contribution in [0.1, 0.15) is 39.5 Å². The van der Waals surface area contributed by atoms with Gasteiger partial charge in [0.15, 0.2) is 0 Å². The summed E-state index contributed by atoms with van der Waals surface area (Å²) in [5, 5.41) is 0. The Labute approximate surface area is 106 Å². The molecule has 0 radical (unpaired) electrons. The molecular weight excluding hydrogens is 232 g/mol. The largest absolute Gasteiger partial charge is 0.395 e. The van der Waals surface area contributed by atoms with Crippen molar-refractivity contribution in [1.29, 1.82) is 0 Å². The number of hydrogen-bond donors (Lipinski definition) is 0. The van der Waals surface area contributed by atoms with Gasteiger partial charge >= 0.3 is 8.56 Å². The lowest BCUT2D eigenvalue weighted by Crippen LogP contribution is -2.39. The monoisotopic (exact) mass is 258 g/mol. The van der Waals surface area contributed by atoms with E-state index in [0.29, 0.717) is 12.2 Å². The van der Waals surface area contributed by atoms with Crippen LogP contribution in [0.2, 0.25) is 12.6 Å². The minimum atomic E-state index is -1.88. The highest BCUT2D eigenvalue weighted by Crippen LogP contribution is 2.41. The first kappa shape index (κ1) is 13.5. The molecule has 1 aliphatic carbocycles. The van der Waals surface area contributed by atoms with Crippen molar-refractivity contribution in [3.8, 4) is 0 Å². The highest BCUT2D eigenvalue weighted by atomic mass is 28.4. The first-order chi connectivity index (χ1) is 8.17. The molecule has 1 heterocycles. The van der Waals surface area contributed by atoms with Gasteiger partial charge in [-0.25, -0.2) is 0 Å². The maximum absolute atomic E-state index is 5.88. The molecule has 0 unspecified atom stereocenters. The van der Waals surface area contributed by atoms with Crippen molar-refractivity contribution in [1.82, 2.24) is 0 Å². The van der Waals surface area contributed by atoms with Gasteiger partial charge in [-0.15, -0.1) is 0 Å². The molecule has 2 aliphatic rings. The number of epoxide rings is 1. The number of fused-ring (bicyclic) bond motifs is 1. The molecule has 0 N–H and O–H groups in total. The van der Waals surface area contributed by atoms with Crippen LogP contribution in [0.15, 0.2) is 0 Å². The second-order valence-electron chi connectivity index (χ2n) is 5.43. The lowest BCUT2D eigenvalue weighted by Gasteiger charge is -2.28. The van der Waals surface area contributed by atoms with Gasteiger partial charge in [0.05, 0.1) is 12.2 Å². The zero-order chi connectivity index (χ0) is 12.3. The number of ether oxygens (including phenoxy) is 1. The second-order valence-corrected chi connectivity index (χ2v) is 8.78. The fraction of sp³-hybridized carbons (Fsp3) is 1.00. The summed E-state index contributed by atoms with van der Waals surface area (Å²) in [5.74, 6) is 0.839. The van der Waals surface area contributed by atoms with Gasteiger partial charge < -0.3 is 13.6 Å². The summed E-state index contributed by atoms with van der Waals surface area (Å²) < 4.78 is 17.4. The van der Waals surface area contributed by atoms with E-state index in [2.05, 4.69) is 20.4 Å². The predicted octanol–water partition coefficient (Wildman–Crippen LogP) is 3.09. The van der Waals surface area contributed by atoms with E-state index in [-0.39, 0.29) is 0 Å². The molecule has 0 spiro atoms. The van der Waals surface area contributed by atoms with Crippen molar-refractivity contribution < 1.29 is 13.6 Å². The molecule has 2 fully saturated rings. The molecule has 2 rings (SSSR count). The van der Waals surface area contributed by atoms with Crippen molar-refractivity contribution in [2.45, 2.75) is 64.3 Å². The summed E-state index contributed by atoms with van der Waals surface area (Å²) >= 11 is 0. The molecule has 0 aromatic rings. The molecule has 0 aromatic heterocycles. The van der Waals surface area contributed by atoms with Crippen molar-refractivity contribution in [3.05, 3.63) is 0 Å². The minimum Gasteiger partial charge on any atom is -0.395 e. The van der Waals surface area contributed by atoms with Gasteiger partial charge in [-0.2, -0.15) is 0 Å². The molecular formula is C13H26O3Si. The lowest BCUT2D eigenvalue weighted by molar-refractivity contribution is 0.185. The van der Waals surface area contributed by atoms with Crippen molar-refractivity contribution in [2.75, 3.05) is 13.2 Å². The summed E-state index contributed by atoms with van der Waals surface area (Å²) in [6.07, 6.45) is 6.36. The highest BCUT2D eigenvalue weighted by molar-refractivity contribution is 6.66. The van der Waals surface area contributed by atoms with Crippen LogP contribution in [0.4, 0.5) is 0 Å². The minimum absolute atomic E-state index is 0.598. The molecule has 3 atom stereocenters. The highest BCUT2D eigenvalue weighted by Gasteiger charge is 2.44. The third kappa shape index (κ3) is 3.78. The van der Waals surface area contributed by atoms with Crippen molar-refractivity contribution in [2.24, 2.45) is 5.92 Å². The van der Waals surface area contributed by atoms with Gasteiger partial charge in [-0.05, 0) is 58.0 Å². The Morgan fingerprint density at radius 2 is 1.82 bits per heavy atom. The molecule has 100 valence electrons. The summed E-state index contributed by atoms with van der Waals surface area (Å²) in [7, 11) is -1.88. The van der Waals surface area contributed by atoms with Crippen LogP contribution >= 0.6 is 0 Å². The van der Waals surface area contributed by atoms with Crippen molar-refractivity contribution in [3.63, 3.8) is 0 Å². The smallest absolute Gasteiger partial charge is 0.334 e. The molecule has 1 saturated carbocycles. The average Bonchev–Trinajstić information content (AvgIpc) is 3.05. The number of hydrogen-bond acceptors (Lipinski definition) is 3. The van der Waals surface area contributed by atoms with Crippen molar-refractivity contribution >= 4 is 8.56 Å². The van der Waals surface area contributed by atoms with Gasteiger partial charge in [0.25, 0.3) is 0 Å². The average molecular weight is 258 g/mol. The fourth-order valence-electron chi connectivity index (χ4n) is 3.01. The van der Waals surface area contributed by atoms with Gasteiger partial charge in [0.2, 0.25) is 0 Å². The van der Waals surface area contributed by atoms with Crippen LogP contribution < -0.4 is 0 Å². The Morgan fingerprint density at radius 1 is 1.12 bits per heavy atom. The Hall–Kier alpha value is 0.0969. The summed E-state index contributed by atoms with van der Waals surface area (Å²) in [4.78, 5) is 0. The van der Waals surface area contributed by atoms with Gasteiger partial charge in [0, 0.05) is 13.2 Å². The Morgan fingerprint density at radius 3 is 2.41 bits per heavy atom. The van der Waals surface area contributed by atoms with Crippen LogP contribution in [-0.2, 0) is 13.6 Å². The molecule has 17 heavy (non-hydrogen) atoms. The van der Waals surface area contributed by atoms with E-state index < -0.39 is 8.56 Å². The Kier molecular flexibility index (Phi) is 4.63. The summed E-state index contributed by atoms with van der Waals surface area (Å²) in [5.41, 5.74) is 0. The molecule has 1 aliphatic heterocycles. The normalized spacial score (nSPS) is 32.3. The Balaban J connectivity index is 1.73. The van der Waals surface area contributed by atoms with E-state index in [1.807, 2.05) is 0 Å². The number of rotatable bonds is 7. The van der Waals surface area contributed by atoms with E-state index in [4.69, 9.17) is 13.6 Å². The maximum Gasteiger partial charge on any atom is 0.334 e. The van der Waals surface area contributed by atoms with E-state index in [1.54, 1.807) is 0 Å². The van der Waals surface area contributed by atoms with Crippen LogP contribution in [0, 0.1) is 5.92 Å². The first-order valence-electron chi connectivity index (χ1n) is 7.10. The topological polar surface area (TPSA) is 31.0 Å². The maximum atomic E-state index is 5.88. The third-order valence-corrected chi connectivity index (χ3v) is 7.01. The zero-order valence-electron chi connectivity index (χ0n) is 11.4. The summed E-state index contributed by atoms with van der Waals surface area (Å²) in [6, 6.07) is 1.14. The van der Waals surface area contributed by atoms with Crippen LogP contribution in [0.5, 0.6) is 0 Å². The lowest BCUT2D eigenvalue weighted by atomic mass is 9.88. The molecule has 0 amide bonds. The van der Waals surface area contributed by atoms with E-state index >= 15 is 0 Å². The molecule has 0 bridgehead atoms. The van der Waals surface area contributed by atoms with Gasteiger partial charge in [0.1, 0.15) is 0 Å². The standard InChI is InChI=1S/C13H26O3Si/c1-4-14-17(3,15-5-2)9-8-11-6-7-12-13(10-11)16-12/h11-13H,4-10H2,1-3H3/t11-,12+,13-/m0/s1. The molecule has 4 heteroatoms. The first-order valence-corrected chi connectivity index (χ1v) is 9.62. The van der Waals surface area contributed by atoms with E-state index in [9.17, 15) is 0 Å². The zero-order valence-corrected chi connectivity index (χ0v) is 12.4. The second kappa shape index (κ2) is 5.82. The van der Waals surface area contributed by atoms with Gasteiger partial charge in [-0.3, -0.25) is 0 Å². The third-order valence-electron chi connectivity index (χ3n) is 4.02. The quantitative estimate of drug-likeness (QED) is 0.519. The molecule has 0 aromatic carbocycles. The van der Waals surface area contributed by atoms with E-state index in [0.717, 1.165) is 25.2 Å². The van der Waals surface area contributed by atoms with Gasteiger partial charge in [-0.1, -0.05) is 0 Å².